The molecule has 1 aliphatic heterocycles. The fourth-order valence-electron chi connectivity index (χ4n) is 3.44. The van der Waals surface area contributed by atoms with Gasteiger partial charge in [0, 0.05) is 37.3 Å². The highest BCUT2D eigenvalue weighted by atomic mass is 16.6. The summed E-state index contributed by atoms with van der Waals surface area (Å²) < 4.78 is 6.90. The molecule has 1 saturated heterocycles. The first kappa shape index (κ1) is 18.0. The third-order valence-electron chi connectivity index (χ3n) is 4.94. The van der Waals surface area contributed by atoms with E-state index in [0.29, 0.717) is 38.3 Å². The van der Waals surface area contributed by atoms with Crippen LogP contribution in [-0.2, 0) is 4.74 Å². The van der Waals surface area contributed by atoms with E-state index in [0.717, 1.165) is 16.8 Å². The van der Waals surface area contributed by atoms with Crippen molar-refractivity contribution in [3.8, 4) is 11.3 Å². The van der Waals surface area contributed by atoms with E-state index in [1.807, 2.05) is 53.0 Å². The van der Waals surface area contributed by atoms with Crippen molar-refractivity contribution in [3.63, 3.8) is 0 Å². The first-order chi connectivity index (χ1) is 13.7. The van der Waals surface area contributed by atoms with Gasteiger partial charge in [-0.05, 0) is 37.3 Å². The molecule has 28 heavy (non-hydrogen) atoms. The molecule has 1 aromatic carbocycles. The van der Waals surface area contributed by atoms with Gasteiger partial charge in [0.05, 0.1) is 24.0 Å². The minimum Gasteiger partial charge on any atom is -0.450 e. The first-order valence-corrected chi connectivity index (χ1v) is 9.41. The van der Waals surface area contributed by atoms with E-state index in [1.54, 1.807) is 22.9 Å². The second kappa shape index (κ2) is 7.72. The molecule has 0 N–H and O–H groups in total. The fourth-order valence-corrected chi connectivity index (χ4v) is 3.44. The predicted octanol–water partition coefficient (Wildman–Crippen LogP) is 2.92. The molecule has 1 aliphatic rings. The monoisotopic (exact) mass is 378 g/mol. The van der Waals surface area contributed by atoms with Crippen LogP contribution in [0, 0.1) is 0 Å². The van der Waals surface area contributed by atoms with Crippen LogP contribution >= 0.6 is 0 Å². The summed E-state index contributed by atoms with van der Waals surface area (Å²) in [4.78, 5) is 28.0. The van der Waals surface area contributed by atoms with Crippen molar-refractivity contribution in [3.05, 3.63) is 60.3 Å². The summed E-state index contributed by atoms with van der Waals surface area (Å²) in [5.41, 5.74) is 3.64. The number of hydrogen-bond donors (Lipinski definition) is 0. The number of amides is 2. The Hall–Kier alpha value is -3.35. The zero-order chi connectivity index (χ0) is 19.5. The molecule has 1 fully saturated rings. The van der Waals surface area contributed by atoms with Crippen molar-refractivity contribution >= 4 is 17.5 Å². The molecule has 0 bridgehead atoms. The fraction of sp³-hybridized carbons (Fsp3) is 0.286. The molecule has 4 rings (SSSR count). The number of aromatic nitrogens is 2. The topological polar surface area (TPSA) is 67.2 Å². The summed E-state index contributed by atoms with van der Waals surface area (Å²) in [5.74, 6) is -0.0210. The summed E-state index contributed by atoms with van der Waals surface area (Å²) >= 11 is 0. The molecule has 0 spiro atoms. The largest absolute Gasteiger partial charge is 0.450 e. The lowest BCUT2D eigenvalue weighted by Crippen LogP contribution is -2.50. The SMILES string of the molecule is CCOC(=O)N1CCN(C(=O)c2ccc(-c3cccc4ccnn34)cc2)CC1. The number of ether oxygens (including phenoxy) is 1. The molecule has 7 nitrogen and oxygen atoms in total. The predicted molar refractivity (Wildman–Crippen MR) is 105 cm³/mol. The van der Waals surface area contributed by atoms with Gasteiger partial charge in [0.2, 0.25) is 0 Å². The van der Waals surface area contributed by atoms with Gasteiger partial charge in [0.15, 0.2) is 0 Å². The summed E-state index contributed by atoms with van der Waals surface area (Å²) in [5, 5.41) is 4.36. The summed E-state index contributed by atoms with van der Waals surface area (Å²) in [6.07, 6.45) is 1.46. The van der Waals surface area contributed by atoms with E-state index in [2.05, 4.69) is 5.10 Å². The van der Waals surface area contributed by atoms with Crippen molar-refractivity contribution in [1.82, 2.24) is 19.4 Å². The molecule has 0 atom stereocenters. The van der Waals surface area contributed by atoms with Crippen LogP contribution in [-0.4, -0.2) is 64.2 Å². The molecule has 0 radical (unpaired) electrons. The number of fused-ring (bicyclic) bond motifs is 1. The second-order valence-electron chi connectivity index (χ2n) is 6.63. The molecule has 3 aromatic rings. The van der Waals surface area contributed by atoms with Crippen LogP contribution in [0.15, 0.2) is 54.7 Å². The van der Waals surface area contributed by atoms with Gasteiger partial charge in [-0.1, -0.05) is 18.2 Å². The number of piperazine rings is 1. The molecule has 144 valence electrons. The Balaban J connectivity index is 1.45. The van der Waals surface area contributed by atoms with E-state index in [-0.39, 0.29) is 12.0 Å². The molecule has 0 saturated carbocycles. The van der Waals surface area contributed by atoms with Gasteiger partial charge < -0.3 is 14.5 Å². The van der Waals surface area contributed by atoms with Crippen LogP contribution in [0.25, 0.3) is 16.8 Å². The highest BCUT2D eigenvalue weighted by molar-refractivity contribution is 5.94. The van der Waals surface area contributed by atoms with E-state index in [4.69, 9.17) is 4.74 Å². The van der Waals surface area contributed by atoms with Gasteiger partial charge >= 0.3 is 6.09 Å². The molecule has 0 aliphatic carbocycles. The standard InChI is InChI=1S/C21H22N4O3/c1-2-28-21(27)24-14-12-23(13-15-24)20(26)17-8-6-16(7-9-17)19-5-3-4-18-10-11-22-25(18)19/h3-11H,2,12-15H2,1H3. The Labute approximate surface area is 163 Å². The molecule has 7 heteroatoms. The Morgan fingerprint density at radius 3 is 2.39 bits per heavy atom. The highest BCUT2D eigenvalue weighted by Gasteiger charge is 2.25. The minimum atomic E-state index is -0.313. The van der Waals surface area contributed by atoms with Crippen LogP contribution in [0.1, 0.15) is 17.3 Å². The maximum atomic E-state index is 12.8. The maximum Gasteiger partial charge on any atom is 0.409 e. The van der Waals surface area contributed by atoms with Crippen LogP contribution in [0.4, 0.5) is 4.79 Å². The van der Waals surface area contributed by atoms with Crippen LogP contribution < -0.4 is 0 Å². The van der Waals surface area contributed by atoms with E-state index in [9.17, 15) is 9.59 Å². The van der Waals surface area contributed by atoms with Gasteiger partial charge in [0.25, 0.3) is 5.91 Å². The third kappa shape index (κ3) is 3.43. The molecular weight excluding hydrogens is 356 g/mol. The molecule has 2 amide bonds. The second-order valence-corrected chi connectivity index (χ2v) is 6.63. The first-order valence-electron chi connectivity index (χ1n) is 9.41. The lowest BCUT2D eigenvalue weighted by atomic mass is 10.1. The Bertz CT molecular complexity index is 988. The Morgan fingerprint density at radius 2 is 1.68 bits per heavy atom. The zero-order valence-corrected chi connectivity index (χ0v) is 15.7. The van der Waals surface area contributed by atoms with E-state index < -0.39 is 0 Å². The van der Waals surface area contributed by atoms with Gasteiger partial charge in [-0.25, -0.2) is 9.31 Å². The van der Waals surface area contributed by atoms with Crippen molar-refractivity contribution < 1.29 is 14.3 Å². The average molecular weight is 378 g/mol. The maximum absolute atomic E-state index is 12.8. The molecule has 0 unspecified atom stereocenters. The van der Waals surface area contributed by atoms with Crippen LogP contribution in [0.2, 0.25) is 0 Å². The zero-order valence-electron chi connectivity index (χ0n) is 15.7. The van der Waals surface area contributed by atoms with Crippen molar-refractivity contribution in [2.45, 2.75) is 6.92 Å². The van der Waals surface area contributed by atoms with Crippen molar-refractivity contribution in [2.24, 2.45) is 0 Å². The van der Waals surface area contributed by atoms with E-state index >= 15 is 0 Å². The smallest absolute Gasteiger partial charge is 0.409 e. The summed E-state index contributed by atoms with van der Waals surface area (Å²) in [6.45, 7) is 4.14. The number of benzene rings is 1. The summed E-state index contributed by atoms with van der Waals surface area (Å²) in [6, 6.07) is 15.5. The Morgan fingerprint density at radius 1 is 0.964 bits per heavy atom. The number of rotatable bonds is 3. The van der Waals surface area contributed by atoms with Gasteiger partial charge in [-0.2, -0.15) is 5.10 Å². The normalized spacial score (nSPS) is 14.3. The molecular formula is C21H22N4O3. The van der Waals surface area contributed by atoms with Crippen LogP contribution in [0.5, 0.6) is 0 Å². The quantitative estimate of drug-likeness (QED) is 0.703. The van der Waals surface area contributed by atoms with Crippen molar-refractivity contribution in [2.75, 3.05) is 32.8 Å². The van der Waals surface area contributed by atoms with E-state index in [1.165, 1.54) is 0 Å². The number of carbonyl (C=O) groups is 2. The molecule has 2 aromatic heterocycles. The van der Waals surface area contributed by atoms with Crippen LogP contribution in [0.3, 0.4) is 0 Å². The van der Waals surface area contributed by atoms with Gasteiger partial charge in [0.1, 0.15) is 0 Å². The number of nitrogens with zero attached hydrogens (tertiary/aromatic N) is 4. The highest BCUT2D eigenvalue weighted by Crippen LogP contribution is 2.21. The number of carbonyl (C=O) groups excluding carboxylic acids is 2. The lowest BCUT2D eigenvalue weighted by Gasteiger charge is -2.34. The Kier molecular flexibility index (Phi) is 4.97. The molecule has 3 heterocycles. The third-order valence-corrected chi connectivity index (χ3v) is 4.94. The number of hydrogen-bond acceptors (Lipinski definition) is 4. The average Bonchev–Trinajstić information content (AvgIpc) is 3.23. The van der Waals surface area contributed by atoms with Crippen molar-refractivity contribution in [1.29, 1.82) is 0 Å². The van der Waals surface area contributed by atoms with Gasteiger partial charge in [-0.3, -0.25) is 4.79 Å². The minimum absolute atomic E-state index is 0.0210. The summed E-state index contributed by atoms with van der Waals surface area (Å²) in [7, 11) is 0. The number of pyridine rings is 1. The lowest BCUT2D eigenvalue weighted by molar-refractivity contribution is 0.0570. The van der Waals surface area contributed by atoms with Gasteiger partial charge in [-0.15, -0.1) is 0 Å².